The van der Waals surface area contributed by atoms with Gasteiger partial charge in [0, 0.05) is 22.7 Å². The summed E-state index contributed by atoms with van der Waals surface area (Å²) < 4.78 is 25.2. The van der Waals surface area contributed by atoms with Crippen LogP contribution in [0, 0.1) is 0 Å². The van der Waals surface area contributed by atoms with Gasteiger partial charge in [0.1, 0.15) is 18.0 Å². The predicted octanol–water partition coefficient (Wildman–Crippen LogP) is 6.68. The Morgan fingerprint density at radius 2 is 1.26 bits per heavy atom. The number of aromatic nitrogens is 1. The molecule has 7 heteroatoms. The third kappa shape index (κ3) is 6.11. The van der Waals surface area contributed by atoms with Crippen LogP contribution < -0.4 is 4.74 Å². The van der Waals surface area contributed by atoms with Gasteiger partial charge in [0.15, 0.2) is 0 Å². The lowest BCUT2D eigenvalue weighted by Crippen LogP contribution is -2.40. The van der Waals surface area contributed by atoms with E-state index in [1.165, 1.54) is 5.06 Å². The quantitative estimate of drug-likeness (QED) is 0.176. The van der Waals surface area contributed by atoms with Gasteiger partial charge in [-0.05, 0) is 28.8 Å². The molecule has 1 saturated heterocycles. The largest absolute Gasteiger partial charge is 0.496 e. The topological polar surface area (TPSA) is 76.2 Å². The number of hydroxylamine groups is 2. The maximum Gasteiger partial charge on any atom is 0.128 e. The van der Waals surface area contributed by atoms with Crippen molar-refractivity contribution in [2.45, 2.75) is 44.1 Å². The second kappa shape index (κ2) is 13.3. The first-order valence-corrected chi connectivity index (χ1v) is 14.3. The first-order chi connectivity index (χ1) is 20.7. The standard InChI is InChI=1S/C35H36N2O5/c1-39-31-19-11-18-29-32(31)28(20-36-29)33-35(42-23-27-16-9-4-10-17-27)34(41-22-26-14-7-3-8-15-26)30(37(33)38)24-40-21-25-12-5-2-6-13-25/h2-20,30,33-36,38H,21-24H2,1H3/t30-,33-,34-,35-/m0/s1. The smallest absolute Gasteiger partial charge is 0.128 e. The molecule has 0 saturated carbocycles. The zero-order valence-electron chi connectivity index (χ0n) is 23.6. The van der Waals surface area contributed by atoms with Crippen LogP contribution in [0.5, 0.6) is 5.75 Å². The van der Waals surface area contributed by atoms with E-state index in [1.807, 2.05) is 115 Å². The van der Waals surface area contributed by atoms with E-state index >= 15 is 0 Å². The van der Waals surface area contributed by atoms with E-state index in [2.05, 4.69) is 4.98 Å². The molecule has 0 radical (unpaired) electrons. The van der Waals surface area contributed by atoms with Gasteiger partial charge in [-0.3, -0.25) is 0 Å². The lowest BCUT2D eigenvalue weighted by Gasteiger charge is -2.26. The van der Waals surface area contributed by atoms with Gasteiger partial charge in [0.25, 0.3) is 0 Å². The maximum atomic E-state index is 11.9. The van der Waals surface area contributed by atoms with E-state index in [9.17, 15) is 5.21 Å². The third-order valence-corrected chi connectivity index (χ3v) is 7.85. The number of nitrogens with one attached hydrogen (secondary N) is 1. The number of nitrogens with zero attached hydrogens (tertiary/aromatic N) is 1. The zero-order chi connectivity index (χ0) is 28.7. The number of aromatic amines is 1. The molecule has 0 aliphatic carbocycles. The van der Waals surface area contributed by atoms with E-state index in [4.69, 9.17) is 18.9 Å². The van der Waals surface area contributed by atoms with E-state index in [1.54, 1.807) is 7.11 Å². The lowest BCUT2D eigenvalue weighted by molar-refractivity contribution is -0.167. The molecule has 4 aromatic carbocycles. The SMILES string of the molecule is COc1cccc2[nH]cc([C@H]3[C@H](OCc4ccccc4)[C@@H](OCc4ccccc4)[C@H](COCc4ccccc4)N3O)c12. The van der Waals surface area contributed by atoms with E-state index in [-0.39, 0.29) is 6.61 Å². The number of H-pyrrole nitrogens is 1. The van der Waals surface area contributed by atoms with E-state index in [0.29, 0.717) is 19.8 Å². The van der Waals surface area contributed by atoms with Gasteiger partial charge in [-0.25, -0.2) is 0 Å². The van der Waals surface area contributed by atoms with Crippen molar-refractivity contribution in [3.05, 3.63) is 138 Å². The summed E-state index contributed by atoms with van der Waals surface area (Å²) in [5.74, 6) is 0.726. The predicted molar refractivity (Wildman–Crippen MR) is 161 cm³/mol. The molecule has 1 fully saturated rings. The highest BCUT2D eigenvalue weighted by Crippen LogP contribution is 2.44. The van der Waals surface area contributed by atoms with Gasteiger partial charge in [-0.2, -0.15) is 5.06 Å². The number of rotatable bonds is 12. The third-order valence-electron chi connectivity index (χ3n) is 7.85. The summed E-state index contributed by atoms with van der Waals surface area (Å²) in [4.78, 5) is 3.36. The molecule has 1 aliphatic heterocycles. The van der Waals surface area contributed by atoms with Crippen molar-refractivity contribution in [1.82, 2.24) is 10.0 Å². The van der Waals surface area contributed by atoms with Gasteiger partial charge >= 0.3 is 0 Å². The minimum Gasteiger partial charge on any atom is -0.496 e. The summed E-state index contributed by atoms with van der Waals surface area (Å²) in [5.41, 5.74) is 4.95. The van der Waals surface area contributed by atoms with Crippen LogP contribution in [0.15, 0.2) is 115 Å². The van der Waals surface area contributed by atoms with Crippen LogP contribution in [-0.4, -0.2) is 47.2 Å². The van der Waals surface area contributed by atoms with Gasteiger partial charge in [0.2, 0.25) is 0 Å². The van der Waals surface area contributed by atoms with Crippen molar-refractivity contribution in [3.8, 4) is 5.75 Å². The highest BCUT2D eigenvalue weighted by Gasteiger charge is 2.52. The molecule has 2 heterocycles. The Labute approximate surface area is 246 Å². The molecule has 5 aromatic rings. The van der Waals surface area contributed by atoms with Gasteiger partial charge in [-0.1, -0.05) is 97.1 Å². The van der Waals surface area contributed by atoms with Crippen LogP contribution in [-0.2, 0) is 34.0 Å². The summed E-state index contributed by atoms with van der Waals surface area (Å²) >= 11 is 0. The van der Waals surface area contributed by atoms with Gasteiger partial charge in [0.05, 0.1) is 45.6 Å². The minimum atomic E-state index is -0.537. The molecular formula is C35H36N2O5. The molecule has 0 unspecified atom stereocenters. The Bertz CT molecular complexity index is 1540. The summed E-state index contributed by atoms with van der Waals surface area (Å²) in [5, 5.41) is 14.2. The van der Waals surface area contributed by atoms with Crippen LogP contribution in [0.1, 0.15) is 28.3 Å². The van der Waals surface area contributed by atoms with Crippen LogP contribution in [0.25, 0.3) is 10.9 Å². The zero-order valence-corrected chi connectivity index (χ0v) is 23.6. The van der Waals surface area contributed by atoms with Crippen LogP contribution in [0.2, 0.25) is 0 Å². The van der Waals surface area contributed by atoms with Crippen LogP contribution in [0.3, 0.4) is 0 Å². The average Bonchev–Trinajstić information content (AvgIpc) is 3.58. The van der Waals surface area contributed by atoms with Crippen molar-refractivity contribution >= 4 is 10.9 Å². The molecule has 0 bridgehead atoms. The Kier molecular flexibility index (Phi) is 8.94. The number of benzene rings is 4. The second-order valence-electron chi connectivity index (χ2n) is 10.5. The molecule has 7 nitrogen and oxygen atoms in total. The van der Waals surface area contributed by atoms with Gasteiger partial charge in [-0.15, -0.1) is 0 Å². The average molecular weight is 565 g/mol. The fraction of sp³-hybridized carbons (Fsp3) is 0.257. The maximum absolute atomic E-state index is 11.9. The molecule has 0 amide bonds. The monoisotopic (exact) mass is 564 g/mol. The van der Waals surface area contributed by atoms with Crippen molar-refractivity contribution < 1.29 is 24.2 Å². The number of fused-ring (bicyclic) bond motifs is 1. The molecule has 2 N–H and O–H groups in total. The Morgan fingerprint density at radius 3 is 1.86 bits per heavy atom. The Balaban J connectivity index is 1.35. The summed E-state index contributed by atoms with van der Waals surface area (Å²) in [6, 6.07) is 35.0. The van der Waals surface area contributed by atoms with Gasteiger partial charge < -0.3 is 29.1 Å². The number of hydrogen-bond acceptors (Lipinski definition) is 6. The summed E-state index contributed by atoms with van der Waals surface area (Å²) in [6.45, 7) is 1.44. The molecule has 1 aliphatic rings. The first-order valence-electron chi connectivity index (χ1n) is 14.3. The minimum absolute atomic E-state index is 0.256. The molecule has 216 valence electrons. The highest BCUT2D eigenvalue weighted by molar-refractivity contribution is 5.90. The lowest BCUT2D eigenvalue weighted by atomic mass is 9.99. The molecule has 1 aromatic heterocycles. The highest BCUT2D eigenvalue weighted by atomic mass is 16.6. The Morgan fingerprint density at radius 1 is 0.690 bits per heavy atom. The van der Waals surface area contributed by atoms with Crippen molar-refractivity contribution in [2.75, 3.05) is 13.7 Å². The fourth-order valence-electron chi connectivity index (χ4n) is 5.77. The normalized spacial score (nSPS) is 20.7. The first kappa shape index (κ1) is 28.2. The summed E-state index contributed by atoms with van der Waals surface area (Å²) in [7, 11) is 1.66. The molecule has 42 heavy (non-hydrogen) atoms. The van der Waals surface area contributed by atoms with Crippen molar-refractivity contribution in [2.24, 2.45) is 0 Å². The van der Waals surface area contributed by atoms with Crippen molar-refractivity contribution in [1.29, 1.82) is 0 Å². The van der Waals surface area contributed by atoms with Crippen LogP contribution in [0.4, 0.5) is 0 Å². The summed E-state index contributed by atoms with van der Waals surface area (Å²) in [6.07, 6.45) is 0.939. The molecular weight excluding hydrogens is 528 g/mol. The number of methoxy groups -OCH3 is 1. The van der Waals surface area contributed by atoms with E-state index in [0.717, 1.165) is 38.9 Å². The van der Waals surface area contributed by atoms with Crippen molar-refractivity contribution in [3.63, 3.8) is 0 Å². The number of ether oxygens (including phenoxy) is 4. The molecule has 0 spiro atoms. The number of hydrogen-bond donors (Lipinski definition) is 2. The second-order valence-corrected chi connectivity index (χ2v) is 10.5. The van der Waals surface area contributed by atoms with Crippen LogP contribution >= 0.6 is 0 Å². The molecule has 6 rings (SSSR count). The van der Waals surface area contributed by atoms with E-state index < -0.39 is 24.3 Å². The fourth-order valence-corrected chi connectivity index (χ4v) is 5.77. The Hall–Kier alpha value is -3.98. The molecule has 4 atom stereocenters.